The lowest BCUT2D eigenvalue weighted by atomic mass is 9.97. The van der Waals surface area contributed by atoms with Crippen LogP contribution < -0.4 is 4.74 Å². The molecular formula is C30H24F8O2. The van der Waals surface area contributed by atoms with Crippen molar-refractivity contribution in [3.05, 3.63) is 112 Å². The molecule has 0 bridgehead atoms. The zero-order valence-electron chi connectivity index (χ0n) is 21.3. The van der Waals surface area contributed by atoms with Gasteiger partial charge in [-0.05, 0) is 77.6 Å². The Morgan fingerprint density at radius 2 is 1.27 bits per heavy atom. The minimum Gasteiger partial charge on any atom is -0.478 e. The van der Waals surface area contributed by atoms with Gasteiger partial charge < -0.3 is 9.47 Å². The van der Waals surface area contributed by atoms with E-state index < -0.39 is 47.6 Å². The lowest BCUT2D eigenvalue weighted by Gasteiger charge is -2.12. The van der Waals surface area contributed by atoms with Crippen molar-refractivity contribution >= 4 is 10.8 Å². The number of rotatable bonds is 10. The van der Waals surface area contributed by atoms with Crippen LogP contribution in [0.2, 0.25) is 0 Å². The van der Waals surface area contributed by atoms with Gasteiger partial charge in [0.1, 0.15) is 17.5 Å². The molecule has 0 aromatic heterocycles. The van der Waals surface area contributed by atoms with Crippen LogP contribution in [0.25, 0.3) is 10.8 Å². The molecule has 4 aromatic rings. The molecule has 0 heterocycles. The molecule has 0 saturated carbocycles. The summed E-state index contributed by atoms with van der Waals surface area (Å²) >= 11 is 0. The number of hydrogen-bond acceptors (Lipinski definition) is 2. The van der Waals surface area contributed by atoms with E-state index in [1.807, 2.05) is 0 Å². The number of aryl methyl sites for hydroxylation is 3. The second-order valence-electron chi connectivity index (χ2n) is 9.36. The SMILES string of the molecule is COCc1cc(F)c(CCc2ccc3c(F)c(CCc4cc(F)c(OCC(F)(F)F)c(F)c4)ccc3c2)c(F)c1. The average Bonchev–Trinajstić information content (AvgIpc) is 2.87. The van der Waals surface area contributed by atoms with Crippen LogP contribution in [-0.4, -0.2) is 19.9 Å². The van der Waals surface area contributed by atoms with Crippen LogP contribution in [0.5, 0.6) is 5.75 Å². The molecule has 0 saturated heterocycles. The summed E-state index contributed by atoms with van der Waals surface area (Å²) in [7, 11) is 1.43. The minimum atomic E-state index is -4.75. The maximum atomic E-state index is 15.2. The Labute approximate surface area is 225 Å². The molecule has 0 aliphatic rings. The molecule has 2 nitrogen and oxygen atoms in total. The molecule has 212 valence electrons. The van der Waals surface area contributed by atoms with E-state index >= 15 is 4.39 Å². The fourth-order valence-electron chi connectivity index (χ4n) is 4.48. The Hall–Kier alpha value is -3.66. The molecule has 0 fully saturated rings. The summed E-state index contributed by atoms with van der Waals surface area (Å²) in [6, 6.07) is 12.3. The van der Waals surface area contributed by atoms with Gasteiger partial charge >= 0.3 is 6.18 Å². The van der Waals surface area contributed by atoms with Crippen molar-refractivity contribution in [3.8, 4) is 5.75 Å². The summed E-state index contributed by atoms with van der Waals surface area (Å²) in [6.07, 6.45) is -4.24. The van der Waals surface area contributed by atoms with Crippen molar-refractivity contribution in [1.29, 1.82) is 0 Å². The van der Waals surface area contributed by atoms with E-state index in [1.54, 1.807) is 24.3 Å². The van der Waals surface area contributed by atoms with Gasteiger partial charge in [-0.3, -0.25) is 0 Å². The predicted molar refractivity (Wildman–Crippen MR) is 134 cm³/mol. The first-order valence-corrected chi connectivity index (χ1v) is 12.3. The Morgan fingerprint density at radius 1 is 0.650 bits per heavy atom. The lowest BCUT2D eigenvalue weighted by Crippen LogP contribution is -2.20. The molecular weight excluding hydrogens is 544 g/mol. The third kappa shape index (κ3) is 7.10. The second-order valence-corrected chi connectivity index (χ2v) is 9.36. The predicted octanol–water partition coefficient (Wildman–Crippen LogP) is 8.19. The first-order chi connectivity index (χ1) is 18.9. The zero-order chi connectivity index (χ0) is 29.0. The number of methoxy groups -OCH3 is 1. The molecule has 0 amide bonds. The van der Waals surface area contributed by atoms with Gasteiger partial charge in [-0.1, -0.05) is 30.3 Å². The highest BCUT2D eigenvalue weighted by molar-refractivity contribution is 5.84. The number of halogens is 8. The topological polar surface area (TPSA) is 18.5 Å². The normalized spacial score (nSPS) is 11.8. The Kier molecular flexibility index (Phi) is 8.98. The monoisotopic (exact) mass is 568 g/mol. The van der Waals surface area contributed by atoms with E-state index in [-0.39, 0.29) is 42.6 Å². The van der Waals surface area contributed by atoms with Crippen molar-refractivity contribution in [3.63, 3.8) is 0 Å². The Balaban J connectivity index is 1.44. The summed E-state index contributed by atoms with van der Waals surface area (Å²) in [5.74, 6) is -5.53. The van der Waals surface area contributed by atoms with Crippen LogP contribution in [0.15, 0.2) is 54.6 Å². The van der Waals surface area contributed by atoms with Gasteiger partial charge in [0.15, 0.2) is 24.0 Å². The van der Waals surface area contributed by atoms with Crippen LogP contribution in [0.4, 0.5) is 35.1 Å². The van der Waals surface area contributed by atoms with Crippen LogP contribution in [0.1, 0.15) is 27.8 Å². The zero-order valence-corrected chi connectivity index (χ0v) is 21.3. The number of benzene rings is 4. The molecule has 4 rings (SSSR count). The molecule has 0 N–H and O–H groups in total. The van der Waals surface area contributed by atoms with Crippen molar-refractivity contribution < 1.29 is 44.6 Å². The van der Waals surface area contributed by atoms with Crippen LogP contribution in [0, 0.1) is 29.1 Å². The second kappa shape index (κ2) is 12.2. The number of alkyl halides is 3. The van der Waals surface area contributed by atoms with Crippen LogP contribution >= 0.6 is 0 Å². The molecule has 0 aliphatic carbocycles. The summed E-state index contributed by atoms with van der Waals surface area (Å²) in [6.45, 7) is -1.74. The van der Waals surface area contributed by atoms with Crippen molar-refractivity contribution in [2.24, 2.45) is 0 Å². The van der Waals surface area contributed by atoms with Crippen molar-refractivity contribution in [2.75, 3.05) is 13.7 Å². The van der Waals surface area contributed by atoms with Crippen LogP contribution in [0.3, 0.4) is 0 Å². The Morgan fingerprint density at radius 3 is 1.90 bits per heavy atom. The van der Waals surface area contributed by atoms with Gasteiger partial charge in [0.25, 0.3) is 0 Å². The first-order valence-electron chi connectivity index (χ1n) is 12.3. The maximum Gasteiger partial charge on any atom is 0.422 e. The summed E-state index contributed by atoms with van der Waals surface area (Å²) in [5, 5.41) is 0.870. The smallest absolute Gasteiger partial charge is 0.422 e. The van der Waals surface area contributed by atoms with Gasteiger partial charge in [0.2, 0.25) is 0 Å². The van der Waals surface area contributed by atoms with Gasteiger partial charge in [-0.2, -0.15) is 13.2 Å². The third-order valence-corrected chi connectivity index (χ3v) is 6.40. The quantitative estimate of drug-likeness (QED) is 0.180. The van der Waals surface area contributed by atoms with E-state index in [4.69, 9.17) is 4.74 Å². The highest BCUT2D eigenvalue weighted by Crippen LogP contribution is 2.28. The van der Waals surface area contributed by atoms with Gasteiger partial charge in [-0.25, -0.2) is 22.0 Å². The lowest BCUT2D eigenvalue weighted by molar-refractivity contribution is -0.154. The maximum absolute atomic E-state index is 15.2. The van der Waals surface area contributed by atoms with Crippen molar-refractivity contribution in [1.82, 2.24) is 0 Å². The van der Waals surface area contributed by atoms with Gasteiger partial charge in [-0.15, -0.1) is 0 Å². The molecule has 0 radical (unpaired) electrons. The van der Waals surface area contributed by atoms with Gasteiger partial charge in [0.05, 0.1) is 6.61 Å². The molecule has 40 heavy (non-hydrogen) atoms. The average molecular weight is 569 g/mol. The van der Waals surface area contributed by atoms with E-state index in [0.717, 1.165) is 17.7 Å². The molecule has 4 aromatic carbocycles. The van der Waals surface area contributed by atoms with Crippen molar-refractivity contribution in [2.45, 2.75) is 38.5 Å². The van der Waals surface area contributed by atoms with Gasteiger partial charge in [0, 0.05) is 18.1 Å². The van der Waals surface area contributed by atoms with E-state index in [0.29, 0.717) is 22.8 Å². The van der Waals surface area contributed by atoms with E-state index in [1.165, 1.54) is 25.3 Å². The minimum absolute atomic E-state index is 0.0220. The largest absolute Gasteiger partial charge is 0.478 e. The Bertz CT molecular complexity index is 1470. The molecule has 0 atom stereocenters. The summed E-state index contributed by atoms with van der Waals surface area (Å²) < 4.78 is 118. The van der Waals surface area contributed by atoms with Crippen LogP contribution in [-0.2, 0) is 37.0 Å². The standard InChI is InChI=1S/C30H24F8O2/c1-39-15-19-13-24(31)23(25(32)14-19)9-4-17-3-8-22-21(10-17)7-6-20(28(22)35)5-2-18-11-26(33)29(27(34)12-18)40-16-30(36,37)38/h3,6-8,10-14H,2,4-5,9,15-16H2,1H3. The molecule has 10 heteroatoms. The fourth-order valence-corrected chi connectivity index (χ4v) is 4.48. The highest BCUT2D eigenvalue weighted by atomic mass is 19.4. The summed E-state index contributed by atoms with van der Waals surface area (Å²) in [5.41, 5.74) is 1.49. The van der Waals surface area contributed by atoms with E-state index in [2.05, 4.69) is 4.74 Å². The number of fused-ring (bicyclic) bond motifs is 1. The number of hydrogen-bond donors (Lipinski definition) is 0. The summed E-state index contributed by atoms with van der Waals surface area (Å²) in [4.78, 5) is 0. The van der Waals surface area contributed by atoms with E-state index in [9.17, 15) is 30.7 Å². The number of ether oxygens (including phenoxy) is 2. The third-order valence-electron chi connectivity index (χ3n) is 6.40. The molecule has 0 spiro atoms. The molecule has 0 aliphatic heterocycles. The molecule has 0 unspecified atom stereocenters. The fraction of sp³-hybridized carbons (Fsp3) is 0.267. The first kappa shape index (κ1) is 29.3. The highest BCUT2D eigenvalue weighted by Gasteiger charge is 2.30.